The molecule has 1 unspecified atom stereocenters. The molecule has 4 nitrogen and oxygen atoms in total. The van der Waals surface area contributed by atoms with Crippen molar-refractivity contribution < 1.29 is 9.90 Å². The van der Waals surface area contributed by atoms with Crippen LogP contribution in [0.3, 0.4) is 0 Å². The van der Waals surface area contributed by atoms with Crippen molar-refractivity contribution >= 4 is 16.9 Å². The molecule has 1 atom stereocenters. The first-order valence-electron chi connectivity index (χ1n) is 6.40. The molecule has 0 saturated carbocycles. The lowest BCUT2D eigenvalue weighted by atomic mass is 10.1. The van der Waals surface area contributed by atoms with Crippen LogP contribution in [0.4, 0.5) is 0 Å². The molecule has 100 valence electrons. The van der Waals surface area contributed by atoms with Crippen molar-refractivity contribution in [2.24, 2.45) is 0 Å². The first kappa shape index (κ1) is 12.4. The second-order valence-electron chi connectivity index (χ2n) is 4.70. The van der Waals surface area contributed by atoms with E-state index in [0.717, 1.165) is 16.6 Å². The normalized spacial score (nSPS) is 12.4. The molecule has 0 amide bonds. The average molecular weight is 266 g/mol. The average Bonchev–Trinajstić information content (AvgIpc) is 2.78. The lowest BCUT2D eigenvalue weighted by molar-refractivity contribution is -0.139. The monoisotopic (exact) mass is 266 g/mol. The number of aryl methyl sites for hydroxylation is 1. The van der Waals surface area contributed by atoms with Gasteiger partial charge in [-0.05, 0) is 18.6 Å². The number of aromatic nitrogens is 2. The van der Waals surface area contributed by atoms with Gasteiger partial charge in [0.15, 0.2) is 6.04 Å². The highest BCUT2D eigenvalue weighted by Crippen LogP contribution is 2.25. The Labute approximate surface area is 116 Å². The van der Waals surface area contributed by atoms with E-state index in [1.807, 2.05) is 61.5 Å². The second kappa shape index (κ2) is 4.81. The fourth-order valence-electron chi connectivity index (χ4n) is 2.47. The van der Waals surface area contributed by atoms with E-state index in [1.165, 1.54) is 0 Å². The van der Waals surface area contributed by atoms with Gasteiger partial charge in [0.2, 0.25) is 0 Å². The third-order valence-corrected chi connectivity index (χ3v) is 3.39. The number of carboxylic acid groups (broad SMARTS) is 1. The number of fused-ring (bicyclic) bond motifs is 1. The molecule has 1 aromatic heterocycles. The van der Waals surface area contributed by atoms with Gasteiger partial charge in [0.25, 0.3) is 0 Å². The van der Waals surface area contributed by atoms with Crippen molar-refractivity contribution in [1.29, 1.82) is 0 Å². The van der Waals surface area contributed by atoms with E-state index >= 15 is 0 Å². The molecule has 3 aromatic rings. The number of aliphatic carboxylic acids is 1. The molecule has 0 fully saturated rings. The lowest BCUT2D eigenvalue weighted by Crippen LogP contribution is -2.21. The van der Waals surface area contributed by atoms with Gasteiger partial charge in [0.1, 0.15) is 0 Å². The number of benzene rings is 2. The van der Waals surface area contributed by atoms with E-state index in [2.05, 4.69) is 5.10 Å². The summed E-state index contributed by atoms with van der Waals surface area (Å²) in [6.45, 7) is 1.89. The van der Waals surface area contributed by atoms with Gasteiger partial charge >= 0.3 is 5.97 Å². The summed E-state index contributed by atoms with van der Waals surface area (Å²) in [5.41, 5.74) is 2.39. The van der Waals surface area contributed by atoms with Crippen LogP contribution in [-0.2, 0) is 4.79 Å². The van der Waals surface area contributed by atoms with Gasteiger partial charge < -0.3 is 5.11 Å². The van der Waals surface area contributed by atoms with Crippen LogP contribution in [0.25, 0.3) is 10.9 Å². The summed E-state index contributed by atoms with van der Waals surface area (Å²) in [5.74, 6) is -0.913. The molecule has 0 saturated heterocycles. The third-order valence-electron chi connectivity index (χ3n) is 3.39. The van der Waals surface area contributed by atoms with Crippen molar-refractivity contribution in [3.63, 3.8) is 0 Å². The summed E-state index contributed by atoms with van der Waals surface area (Å²) in [4.78, 5) is 11.7. The lowest BCUT2D eigenvalue weighted by Gasteiger charge is -2.14. The Kier molecular flexibility index (Phi) is 2.99. The van der Waals surface area contributed by atoms with E-state index in [-0.39, 0.29) is 0 Å². The highest BCUT2D eigenvalue weighted by molar-refractivity contribution is 5.85. The maximum atomic E-state index is 11.7. The number of para-hydroxylation sites is 1. The third kappa shape index (κ3) is 1.95. The number of hydrogen-bond donors (Lipinski definition) is 1. The highest BCUT2D eigenvalue weighted by Gasteiger charge is 2.24. The SMILES string of the molecule is Cc1nn(C(C(=O)O)c2ccccc2)c2ccccc12. The van der Waals surface area contributed by atoms with Gasteiger partial charge in [-0.3, -0.25) is 0 Å². The molecular weight excluding hydrogens is 252 g/mol. The molecule has 0 aliphatic carbocycles. The molecule has 1 heterocycles. The van der Waals surface area contributed by atoms with Gasteiger partial charge in [0.05, 0.1) is 11.2 Å². The van der Waals surface area contributed by atoms with Crippen molar-refractivity contribution in [1.82, 2.24) is 9.78 Å². The highest BCUT2D eigenvalue weighted by atomic mass is 16.4. The minimum Gasteiger partial charge on any atom is -0.479 e. The van der Waals surface area contributed by atoms with Crippen molar-refractivity contribution in [2.75, 3.05) is 0 Å². The van der Waals surface area contributed by atoms with Gasteiger partial charge in [-0.1, -0.05) is 48.5 Å². The summed E-state index contributed by atoms with van der Waals surface area (Å²) in [7, 11) is 0. The van der Waals surface area contributed by atoms with Gasteiger partial charge in [-0.15, -0.1) is 0 Å². The Bertz CT molecular complexity index is 763. The Morgan fingerprint density at radius 1 is 1.10 bits per heavy atom. The van der Waals surface area contributed by atoms with Crippen LogP contribution in [0.2, 0.25) is 0 Å². The number of rotatable bonds is 3. The topological polar surface area (TPSA) is 55.1 Å². The van der Waals surface area contributed by atoms with E-state index in [4.69, 9.17) is 0 Å². The van der Waals surface area contributed by atoms with Crippen molar-refractivity contribution in [2.45, 2.75) is 13.0 Å². The summed E-state index contributed by atoms with van der Waals surface area (Å²) >= 11 is 0. The molecule has 20 heavy (non-hydrogen) atoms. The van der Waals surface area contributed by atoms with Gasteiger partial charge in [0, 0.05) is 5.39 Å². The maximum absolute atomic E-state index is 11.7. The molecule has 4 heteroatoms. The van der Waals surface area contributed by atoms with E-state index in [9.17, 15) is 9.90 Å². The Hall–Kier alpha value is -2.62. The summed E-state index contributed by atoms with van der Waals surface area (Å²) in [6.07, 6.45) is 0. The molecule has 0 spiro atoms. The molecule has 1 N–H and O–H groups in total. The van der Waals surface area contributed by atoms with E-state index < -0.39 is 12.0 Å². The fraction of sp³-hybridized carbons (Fsp3) is 0.125. The molecular formula is C16H14N2O2. The minimum absolute atomic E-state index is 0.716. The molecule has 0 aliphatic heterocycles. The molecule has 0 radical (unpaired) electrons. The van der Waals surface area contributed by atoms with E-state index in [0.29, 0.717) is 5.56 Å². The number of carboxylic acids is 1. The van der Waals surface area contributed by atoms with Crippen molar-refractivity contribution in [3.8, 4) is 0 Å². The number of hydrogen-bond acceptors (Lipinski definition) is 2. The molecule has 2 aromatic carbocycles. The Balaban J connectivity index is 2.23. The fourth-order valence-corrected chi connectivity index (χ4v) is 2.47. The summed E-state index contributed by atoms with van der Waals surface area (Å²) < 4.78 is 1.59. The van der Waals surface area contributed by atoms with Crippen LogP contribution in [0.1, 0.15) is 17.3 Å². The number of carbonyl (C=O) groups is 1. The zero-order chi connectivity index (χ0) is 14.1. The predicted molar refractivity (Wildman–Crippen MR) is 76.7 cm³/mol. The summed E-state index contributed by atoms with van der Waals surface area (Å²) in [6, 6.07) is 16.0. The van der Waals surface area contributed by atoms with E-state index in [1.54, 1.807) is 4.68 Å². The molecule has 0 aliphatic rings. The Morgan fingerprint density at radius 2 is 1.75 bits per heavy atom. The van der Waals surface area contributed by atoms with Crippen molar-refractivity contribution in [3.05, 3.63) is 65.9 Å². The first-order valence-corrected chi connectivity index (χ1v) is 6.40. The van der Waals surface area contributed by atoms with Crippen LogP contribution < -0.4 is 0 Å². The Morgan fingerprint density at radius 3 is 2.45 bits per heavy atom. The zero-order valence-corrected chi connectivity index (χ0v) is 11.0. The van der Waals surface area contributed by atoms with Crippen LogP contribution >= 0.6 is 0 Å². The quantitative estimate of drug-likeness (QED) is 0.792. The summed E-state index contributed by atoms with van der Waals surface area (Å²) in [5, 5.41) is 15.0. The smallest absolute Gasteiger partial charge is 0.333 e. The van der Waals surface area contributed by atoms with Crippen LogP contribution in [0.5, 0.6) is 0 Å². The maximum Gasteiger partial charge on any atom is 0.333 e. The first-order chi connectivity index (χ1) is 9.68. The predicted octanol–water partition coefficient (Wildman–Crippen LogP) is 3.02. The zero-order valence-electron chi connectivity index (χ0n) is 11.0. The van der Waals surface area contributed by atoms with Gasteiger partial charge in [-0.25, -0.2) is 9.48 Å². The van der Waals surface area contributed by atoms with Crippen LogP contribution in [0, 0.1) is 6.92 Å². The molecule has 0 bridgehead atoms. The standard InChI is InChI=1S/C16H14N2O2/c1-11-13-9-5-6-10-14(13)18(17-11)15(16(19)20)12-7-3-2-4-8-12/h2-10,15H,1H3,(H,19,20). The molecule has 3 rings (SSSR count). The largest absolute Gasteiger partial charge is 0.479 e. The minimum atomic E-state index is -0.913. The van der Waals surface area contributed by atoms with Gasteiger partial charge in [-0.2, -0.15) is 5.10 Å². The van der Waals surface area contributed by atoms with Crippen LogP contribution in [0.15, 0.2) is 54.6 Å². The number of nitrogens with zero attached hydrogens (tertiary/aromatic N) is 2. The second-order valence-corrected chi connectivity index (χ2v) is 4.70. The van der Waals surface area contributed by atoms with Crippen LogP contribution in [-0.4, -0.2) is 20.9 Å².